The van der Waals surface area contributed by atoms with Crippen LogP contribution in [0.3, 0.4) is 0 Å². The molecular weight excluding hydrogens is 288 g/mol. The van der Waals surface area contributed by atoms with E-state index in [2.05, 4.69) is 24.5 Å². The Morgan fingerprint density at radius 3 is 2.50 bits per heavy atom. The normalized spacial score (nSPS) is 17.2. The molecule has 2 nitrogen and oxygen atoms in total. The summed E-state index contributed by atoms with van der Waals surface area (Å²) >= 11 is 11.6. The van der Waals surface area contributed by atoms with E-state index >= 15 is 0 Å². The van der Waals surface area contributed by atoms with Crippen LogP contribution in [-0.2, 0) is 0 Å². The molecule has 0 amide bonds. The fourth-order valence-corrected chi connectivity index (χ4v) is 3.41. The van der Waals surface area contributed by atoms with Gasteiger partial charge in [0, 0.05) is 16.2 Å². The topological polar surface area (TPSA) is 24.1 Å². The molecule has 4 heteroatoms. The average Bonchev–Trinajstić information content (AvgIpc) is 2.83. The summed E-state index contributed by atoms with van der Waals surface area (Å²) in [7, 11) is 0. The van der Waals surface area contributed by atoms with Gasteiger partial charge in [-0.1, -0.05) is 44.4 Å². The summed E-state index contributed by atoms with van der Waals surface area (Å²) in [6.45, 7) is 6.53. The van der Waals surface area contributed by atoms with Gasteiger partial charge in [-0.25, -0.2) is 0 Å². The number of anilines is 1. The van der Waals surface area contributed by atoms with E-state index in [1.165, 1.54) is 25.7 Å². The van der Waals surface area contributed by atoms with Crippen molar-refractivity contribution in [3.05, 3.63) is 28.8 Å². The van der Waals surface area contributed by atoms with Gasteiger partial charge in [0.1, 0.15) is 0 Å². The minimum atomic E-state index is 0.151. The lowest BCUT2D eigenvalue weighted by molar-refractivity contribution is 0.283. The number of hydrogen-bond acceptors (Lipinski definition) is 1. The van der Waals surface area contributed by atoms with Gasteiger partial charge in [-0.2, -0.15) is 0 Å². The third kappa shape index (κ3) is 3.44. The van der Waals surface area contributed by atoms with Crippen LogP contribution in [0.25, 0.3) is 0 Å². The van der Waals surface area contributed by atoms with Gasteiger partial charge in [0.05, 0.1) is 0 Å². The molecule has 1 aromatic carbocycles. The third-order valence-electron chi connectivity index (χ3n) is 4.39. The van der Waals surface area contributed by atoms with E-state index in [1.807, 2.05) is 25.1 Å². The molecular formula is C16H23ClN2S. The van der Waals surface area contributed by atoms with Crippen molar-refractivity contribution in [3.63, 3.8) is 0 Å². The maximum absolute atomic E-state index is 6.14. The van der Waals surface area contributed by atoms with E-state index in [9.17, 15) is 0 Å². The molecule has 0 radical (unpaired) electrons. The van der Waals surface area contributed by atoms with E-state index < -0.39 is 0 Å². The van der Waals surface area contributed by atoms with Crippen LogP contribution in [-0.4, -0.2) is 10.7 Å². The maximum Gasteiger partial charge on any atom is 0.171 e. The van der Waals surface area contributed by atoms with E-state index in [1.54, 1.807) is 0 Å². The van der Waals surface area contributed by atoms with Crippen LogP contribution in [0.15, 0.2) is 18.2 Å². The van der Waals surface area contributed by atoms with Crippen molar-refractivity contribution in [2.75, 3.05) is 5.32 Å². The minimum absolute atomic E-state index is 0.151. The predicted octanol–water partition coefficient (Wildman–Crippen LogP) is 4.90. The number of rotatable bonds is 3. The second-order valence-electron chi connectivity index (χ2n) is 6.06. The second kappa shape index (κ2) is 6.31. The highest BCUT2D eigenvalue weighted by molar-refractivity contribution is 7.80. The van der Waals surface area contributed by atoms with Crippen molar-refractivity contribution in [1.82, 2.24) is 5.32 Å². The zero-order chi connectivity index (χ0) is 14.8. The Kier molecular flexibility index (Phi) is 4.92. The molecule has 0 aliphatic heterocycles. The van der Waals surface area contributed by atoms with Crippen LogP contribution in [0.2, 0.25) is 5.02 Å². The van der Waals surface area contributed by atoms with E-state index in [0.29, 0.717) is 11.0 Å². The van der Waals surface area contributed by atoms with Gasteiger partial charge in [0.15, 0.2) is 5.11 Å². The Morgan fingerprint density at radius 1 is 1.30 bits per heavy atom. The van der Waals surface area contributed by atoms with Crippen LogP contribution in [0, 0.1) is 12.8 Å². The van der Waals surface area contributed by atoms with Gasteiger partial charge in [-0.15, -0.1) is 0 Å². The smallest absolute Gasteiger partial charge is 0.171 e. The van der Waals surface area contributed by atoms with Crippen LogP contribution in [0.4, 0.5) is 5.69 Å². The largest absolute Gasteiger partial charge is 0.357 e. The van der Waals surface area contributed by atoms with Crippen molar-refractivity contribution in [1.29, 1.82) is 0 Å². The molecule has 0 unspecified atom stereocenters. The molecule has 2 N–H and O–H groups in total. The molecule has 1 aliphatic carbocycles. The van der Waals surface area contributed by atoms with E-state index in [-0.39, 0.29) is 5.54 Å². The Hall–Kier alpha value is -0.800. The monoisotopic (exact) mass is 310 g/mol. The van der Waals surface area contributed by atoms with Crippen molar-refractivity contribution in [3.8, 4) is 0 Å². The number of halogens is 1. The zero-order valence-electron chi connectivity index (χ0n) is 12.4. The third-order valence-corrected chi connectivity index (χ3v) is 5.00. The summed E-state index contributed by atoms with van der Waals surface area (Å²) in [4.78, 5) is 0. The average molecular weight is 311 g/mol. The van der Waals surface area contributed by atoms with Crippen LogP contribution in [0.1, 0.15) is 45.1 Å². The van der Waals surface area contributed by atoms with Gasteiger partial charge in [-0.05, 0) is 55.6 Å². The lowest BCUT2D eigenvalue weighted by Gasteiger charge is -2.35. The number of thiocarbonyl (C=S) groups is 1. The molecule has 0 bridgehead atoms. The van der Waals surface area contributed by atoms with Crippen molar-refractivity contribution >= 4 is 34.6 Å². The maximum atomic E-state index is 6.14. The first-order valence-corrected chi connectivity index (χ1v) is 8.07. The van der Waals surface area contributed by atoms with Crippen molar-refractivity contribution in [2.24, 2.45) is 5.92 Å². The standard InChI is InChI=1S/C16H23ClN2S/c1-11(2)16(8-4-5-9-16)19-15(20)18-13-7-6-12(3)14(17)10-13/h6-7,10-11H,4-5,8-9H2,1-3H3,(H2,18,19,20). The molecule has 2 rings (SSSR count). The highest BCUT2D eigenvalue weighted by atomic mass is 35.5. The van der Waals surface area contributed by atoms with E-state index in [0.717, 1.165) is 16.3 Å². The lowest BCUT2D eigenvalue weighted by Crippen LogP contribution is -2.51. The van der Waals surface area contributed by atoms with Crippen LogP contribution < -0.4 is 10.6 Å². The molecule has 0 saturated heterocycles. The first-order chi connectivity index (χ1) is 9.43. The van der Waals surface area contributed by atoms with Gasteiger partial charge < -0.3 is 10.6 Å². The first kappa shape index (κ1) is 15.6. The molecule has 0 atom stereocenters. The van der Waals surface area contributed by atoms with Gasteiger partial charge >= 0.3 is 0 Å². The van der Waals surface area contributed by atoms with Gasteiger partial charge in [-0.3, -0.25) is 0 Å². The highest BCUT2D eigenvalue weighted by Crippen LogP contribution is 2.35. The molecule has 110 valence electrons. The van der Waals surface area contributed by atoms with Crippen molar-refractivity contribution in [2.45, 2.75) is 52.0 Å². The lowest BCUT2D eigenvalue weighted by atomic mass is 9.85. The quantitative estimate of drug-likeness (QED) is 0.776. The summed E-state index contributed by atoms with van der Waals surface area (Å²) in [6.07, 6.45) is 4.95. The van der Waals surface area contributed by atoms with Crippen molar-refractivity contribution < 1.29 is 0 Å². The summed E-state index contributed by atoms with van der Waals surface area (Å²) in [5.41, 5.74) is 2.17. The predicted molar refractivity (Wildman–Crippen MR) is 91.6 cm³/mol. The molecule has 0 heterocycles. The minimum Gasteiger partial charge on any atom is -0.357 e. The van der Waals surface area contributed by atoms with Gasteiger partial charge in [0.2, 0.25) is 0 Å². The zero-order valence-corrected chi connectivity index (χ0v) is 14.0. The molecule has 20 heavy (non-hydrogen) atoms. The molecule has 1 aliphatic rings. The fraction of sp³-hybridized carbons (Fsp3) is 0.562. The molecule has 0 aromatic heterocycles. The molecule has 1 fully saturated rings. The summed E-state index contributed by atoms with van der Waals surface area (Å²) < 4.78 is 0. The fourth-order valence-electron chi connectivity index (χ4n) is 2.91. The molecule has 1 saturated carbocycles. The van der Waals surface area contributed by atoms with Gasteiger partial charge in [0.25, 0.3) is 0 Å². The van der Waals surface area contributed by atoms with E-state index in [4.69, 9.17) is 23.8 Å². The number of benzene rings is 1. The number of aryl methyl sites for hydroxylation is 1. The summed E-state index contributed by atoms with van der Waals surface area (Å²) in [6, 6.07) is 5.93. The Labute approximate surface area is 132 Å². The first-order valence-electron chi connectivity index (χ1n) is 7.28. The molecule has 0 spiro atoms. The summed E-state index contributed by atoms with van der Waals surface area (Å²) in [5, 5.41) is 8.26. The second-order valence-corrected chi connectivity index (χ2v) is 6.88. The Morgan fingerprint density at radius 2 is 1.95 bits per heavy atom. The Balaban J connectivity index is 2.03. The summed E-state index contributed by atoms with van der Waals surface area (Å²) in [5.74, 6) is 0.575. The Bertz CT molecular complexity index is 493. The van der Waals surface area contributed by atoms with Crippen LogP contribution >= 0.6 is 23.8 Å². The SMILES string of the molecule is Cc1ccc(NC(=S)NC2(C(C)C)CCCC2)cc1Cl. The number of hydrogen-bond donors (Lipinski definition) is 2. The molecule has 1 aromatic rings. The highest BCUT2D eigenvalue weighted by Gasteiger charge is 2.37. The van der Waals surface area contributed by atoms with Crippen LogP contribution in [0.5, 0.6) is 0 Å². The number of nitrogens with one attached hydrogen (secondary N) is 2.